The van der Waals surface area contributed by atoms with Gasteiger partial charge in [-0.25, -0.2) is 10.8 Å². The van der Waals surface area contributed by atoms with Crippen LogP contribution in [-0.4, -0.2) is 11.5 Å². The quantitative estimate of drug-likeness (QED) is 0.522. The smallest absolute Gasteiger partial charge is 0.141 e. The van der Waals surface area contributed by atoms with Crippen LogP contribution < -0.4 is 16.6 Å². The highest BCUT2D eigenvalue weighted by molar-refractivity contribution is 5.51. The Morgan fingerprint density at radius 1 is 1.44 bits per heavy atom. The van der Waals surface area contributed by atoms with Crippen LogP contribution in [-0.2, 0) is 0 Å². The van der Waals surface area contributed by atoms with Gasteiger partial charge in [-0.15, -0.1) is 0 Å². The monoisotopic (exact) mass is 218 g/mol. The highest BCUT2D eigenvalue weighted by Crippen LogP contribution is 2.61. The molecule has 0 radical (unpaired) electrons. The number of pyridine rings is 1. The number of nitrogens with zero attached hydrogens (tertiary/aromatic N) is 1. The first-order chi connectivity index (χ1) is 7.82. The van der Waals surface area contributed by atoms with Crippen molar-refractivity contribution in [1.82, 2.24) is 4.98 Å². The molecule has 86 valence electrons. The molecule has 2 aliphatic rings. The lowest BCUT2D eigenvalue weighted by molar-refractivity contribution is 0.467. The molecule has 0 saturated heterocycles. The van der Waals surface area contributed by atoms with Gasteiger partial charge in [0.1, 0.15) is 5.82 Å². The van der Waals surface area contributed by atoms with E-state index in [9.17, 15) is 0 Å². The van der Waals surface area contributed by atoms with Crippen molar-refractivity contribution in [2.45, 2.75) is 25.7 Å². The Morgan fingerprint density at radius 2 is 2.25 bits per heavy atom. The van der Waals surface area contributed by atoms with E-state index in [0.29, 0.717) is 11.2 Å². The molecule has 2 fully saturated rings. The highest BCUT2D eigenvalue weighted by atomic mass is 15.2. The van der Waals surface area contributed by atoms with Crippen molar-refractivity contribution >= 4 is 11.5 Å². The fraction of sp³-hybridized carbons (Fsp3) is 0.583. The van der Waals surface area contributed by atoms with E-state index in [-0.39, 0.29) is 0 Å². The van der Waals surface area contributed by atoms with Crippen molar-refractivity contribution in [3.8, 4) is 0 Å². The lowest BCUT2D eigenvalue weighted by atomic mass is 10.0. The summed E-state index contributed by atoms with van der Waals surface area (Å²) in [5.41, 5.74) is 4.30. The first-order valence-electron chi connectivity index (χ1n) is 5.99. The Hall–Kier alpha value is -1.29. The van der Waals surface area contributed by atoms with Crippen molar-refractivity contribution in [1.29, 1.82) is 0 Å². The average Bonchev–Trinajstić information content (AvgIpc) is 3.17. The molecule has 3 rings (SSSR count). The third-order valence-corrected chi connectivity index (χ3v) is 3.89. The minimum atomic E-state index is 0.625. The fourth-order valence-corrected chi connectivity index (χ4v) is 2.48. The minimum absolute atomic E-state index is 0.625. The maximum Gasteiger partial charge on any atom is 0.141 e. The summed E-state index contributed by atoms with van der Waals surface area (Å²) in [4.78, 5) is 4.09. The zero-order chi connectivity index (χ0) is 11.0. The van der Waals surface area contributed by atoms with Gasteiger partial charge in [-0.2, -0.15) is 0 Å². The lowest BCUT2D eigenvalue weighted by Crippen LogP contribution is -2.17. The van der Waals surface area contributed by atoms with Crippen molar-refractivity contribution in [3.05, 3.63) is 18.3 Å². The topological polar surface area (TPSA) is 63.0 Å². The summed E-state index contributed by atoms with van der Waals surface area (Å²) in [5.74, 6) is 7.03. The van der Waals surface area contributed by atoms with Crippen molar-refractivity contribution in [3.63, 3.8) is 0 Å². The van der Waals surface area contributed by atoms with E-state index in [1.165, 1.54) is 25.7 Å². The molecule has 4 N–H and O–H groups in total. The molecule has 1 heterocycles. The van der Waals surface area contributed by atoms with Crippen LogP contribution in [0.15, 0.2) is 18.3 Å². The summed E-state index contributed by atoms with van der Waals surface area (Å²) in [6.45, 7) is 1.10. The third kappa shape index (κ3) is 1.85. The Kier molecular flexibility index (Phi) is 2.24. The number of anilines is 2. The molecule has 16 heavy (non-hydrogen) atoms. The van der Waals surface area contributed by atoms with Crippen LogP contribution >= 0.6 is 0 Å². The molecule has 0 amide bonds. The third-order valence-electron chi connectivity index (χ3n) is 3.89. The molecule has 0 aliphatic heterocycles. The van der Waals surface area contributed by atoms with Crippen LogP contribution in [0, 0.1) is 11.3 Å². The zero-order valence-corrected chi connectivity index (χ0v) is 9.37. The summed E-state index contributed by atoms with van der Waals surface area (Å²) in [7, 11) is 0. The van der Waals surface area contributed by atoms with E-state index in [2.05, 4.69) is 15.7 Å². The average molecular weight is 218 g/mol. The Morgan fingerprint density at radius 3 is 2.88 bits per heavy atom. The van der Waals surface area contributed by atoms with Gasteiger partial charge in [0.2, 0.25) is 0 Å². The summed E-state index contributed by atoms with van der Waals surface area (Å²) in [6.07, 6.45) is 7.45. The van der Waals surface area contributed by atoms with Gasteiger partial charge >= 0.3 is 0 Å². The van der Waals surface area contributed by atoms with Crippen molar-refractivity contribution < 1.29 is 0 Å². The summed E-state index contributed by atoms with van der Waals surface area (Å²) in [6, 6.07) is 3.94. The Bertz CT molecular complexity index is 382. The maximum absolute atomic E-state index is 5.33. The molecular weight excluding hydrogens is 200 g/mol. The first kappa shape index (κ1) is 9.90. The van der Waals surface area contributed by atoms with Crippen LogP contribution in [0.2, 0.25) is 0 Å². The molecule has 4 heteroatoms. The van der Waals surface area contributed by atoms with Crippen molar-refractivity contribution in [2.75, 3.05) is 17.3 Å². The number of nitrogen functional groups attached to an aromatic ring is 1. The lowest BCUT2D eigenvalue weighted by Gasteiger charge is -2.16. The molecule has 1 aromatic heterocycles. The summed E-state index contributed by atoms with van der Waals surface area (Å²) in [5, 5.41) is 3.51. The van der Waals surface area contributed by atoms with Crippen LogP contribution in [0.25, 0.3) is 0 Å². The first-order valence-corrected chi connectivity index (χ1v) is 5.99. The molecule has 0 spiro atoms. The van der Waals surface area contributed by atoms with E-state index < -0.39 is 0 Å². The number of nitrogens with one attached hydrogen (secondary N) is 2. The molecule has 0 unspecified atom stereocenters. The molecule has 0 bridgehead atoms. The molecule has 2 saturated carbocycles. The predicted molar refractivity (Wildman–Crippen MR) is 64.9 cm³/mol. The van der Waals surface area contributed by atoms with Crippen LogP contribution in [0.3, 0.4) is 0 Å². The van der Waals surface area contributed by atoms with E-state index in [0.717, 1.165) is 18.2 Å². The van der Waals surface area contributed by atoms with Crippen LogP contribution in [0.5, 0.6) is 0 Å². The van der Waals surface area contributed by atoms with Gasteiger partial charge in [-0.1, -0.05) is 0 Å². The molecular formula is C12H18N4. The highest BCUT2D eigenvalue weighted by Gasteiger charge is 2.53. The van der Waals surface area contributed by atoms with Gasteiger partial charge in [-0.3, -0.25) is 0 Å². The van der Waals surface area contributed by atoms with Gasteiger partial charge in [0.25, 0.3) is 0 Å². The number of hydrogen-bond donors (Lipinski definition) is 3. The summed E-state index contributed by atoms with van der Waals surface area (Å²) >= 11 is 0. The summed E-state index contributed by atoms with van der Waals surface area (Å²) < 4.78 is 0. The molecule has 0 aromatic carbocycles. The molecule has 0 atom stereocenters. The normalized spacial score (nSPS) is 21.6. The number of nitrogens with two attached hydrogens (primary N) is 1. The number of rotatable bonds is 5. The second-order valence-electron chi connectivity index (χ2n) is 5.06. The van der Waals surface area contributed by atoms with E-state index in [4.69, 9.17) is 5.84 Å². The van der Waals surface area contributed by atoms with E-state index in [1.54, 1.807) is 6.20 Å². The van der Waals surface area contributed by atoms with Gasteiger partial charge in [0.05, 0.1) is 0 Å². The molecule has 1 aromatic rings. The van der Waals surface area contributed by atoms with Gasteiger partial charge in [0, 0.05) is 24.5 Å². The zero-order valence-electron chi connectivity index (χ0n) is 9.37. The Balaban J connectivity index is 1.61. The minimum Gasteiger partial charge on any atom is -0.384 e. The SMILES string of the molecule is NNc1cc(NCC2(C3CC3)CC2)ccn1. The number of hydrazine groups is 1. The standard InChI is InChI=1S/C12H18N4/c13-16-11-7-10(3-6-14-11)15-8-12(4-5-12)9-1-2-9/h3,6-7,9H,1-2,4-5,8,13H2,(H2,14,15,16). The molecule has 4 nitrogen and oxygen atoms in total. The van der Waals surface area contributed by atoms with Crippen LogP contribution in [0.1, 0.15) is 25.7 Å². The largest absolute Gasteiger partial charge is 0.384 e. The van der Waals surface area contributed by atoms with E-state index in [1.807, 2.05) is 12.1 Å². The van der Waals surface area contributed by atoms with Crippen LogP contribution in [0.4, 0.5) is 11.5 Å². The predicted octanol–water partition coefficient (Wildman–Crippen LogP) is 1.97. The van der Waals surface area contributed by atoms with Gasteiger partial charge < -0.3 is 10.7 Å². The van der Waals surface area contributed by atoms with Gasteiger partial charge in [0.15, 0.2) is 0 Å². The van der Waals surface area contributed by atoms with Crippen molar-refractivity contribution in [2.24, 2.45) is 17.2 Å². The van der Waals surface area contributed by atoms with E-state index >= 15 is 0 Å². The number of aromatic nitrogens is 1. The van der Waals surface area contributed by atoms with Gasteiger partial charge in [-0.05, 0) is 43.1 Å². The Labute approximate surface area is 95.6 Å². The second kappa shape index (κ2) is 3.63. The second-order valence-corrected chi connectivity index (χ2v) is 5.06. The number of hydrogen-bond acceptors (Lipinski definition) is 4. The fourth-order valence-electron chi connectivity index (χ4n) is 2.48. The maximum atomic E-state index is 5.33. The molecule has 2 aliphatic carbocycles.